The van der Waals surface area contributed by atoms with Gasteiger partial charge in [0.25, 0.3) is 0 Å². The van der Waals surface area contributed by atoms with Gasteiger partial charge in [0.1, 0.15) is 0 Å². The zero-order chi connectivity index (χ0) is 14.9. The number of fused-ring (bicyclic) bond motifs is 3. The maximum Gasteiger partial charge on any atom is 0.0476 e. The predicted molar refractivity (Wildman–Crippen MR) is 104 cm³/mol. The second-order valence-corrected chi connectivity index (χ2v) is 6.30. The van der Waals surface area contributed by atoms with Gasteiger partial charge in [0.2, 0.25) is 0 Å². The molecule has 2 aromatic carbocycles. The van der Waals surface area contributed by atoms with E-state index < -0.39 is 0 Å². The molecule has 1 saturated heterocycles. The van der Waals surface area contributed by atoms with Gasteiger partial charge in [0, 0.05) is 44.7 Å². The van der Waals surface area contributed by atoms with E-state index in [4.69, 9.17) is 5.73 Å². The normalized spacial score (nSPS) is 22.5. The molecule has 24 heavy (non-hydrogen) atoms. The first-order valence-electron chi connectivity index (χ1n) is 8.20. The molecule has 0 bridgehead atoms. The fourth-order valence-corrected chi connectivity index (χ4v) is 4.08. The van der Waals surface area contributed by atoms with E-state index in [9.17, 15) is 0 Å². The van der Waals surface area contributed by atoms with Crippen molar-refractivity contribution in [3.8, 4) is 0 Å². The summed E-state index contributed by atoms with van der Waals surface area (Å²) in [4.78, 5) is 2.64. The van der Waals surface area contributed by atoms with Crippen molar-refractivity contribution < 1.29 is 0 Å². The van der Waals surface area contributed by atoms with Gasteiger partial charge in [-0.25, -0.2) is 0 Å². The average molecular weight is 366 g/mol. The van der Waals surface area contributed by atoms with E-state index in [1.807, 2.05) is 0 Å². The van der Waals surface area contributed by atoms with Crippen molar-refractivity contribution in [2.75, 3.05) is 26.2 Å². The van der Waals surface area contributed by atoms with Gasteiger partial charge in [-0.15, -0.1) is 24.8 Å². The Kier molecular flexibility index (Phi) is 6.67. The van der Waals surface area contributed by atoms with Crippen LogP contribution in [0.1, 0.15) is 34.2 Å². The maximum absolute atomic E-state index is 6.05. The van der Waals surface area contributed by atoms with Crippen LogP contribution in [0, 0.1) is 0 Å². The van der Waals surface area contributed by atoms with E-state index >= 15 is 0 Å². The van der Waals surface area contributed by atoms with Gasteiger partial charge in [0.05, 0.1) is 0 Å². The van der Waals surface area contributed by atoms with Crippen LogP contribution in [0.25, 0.3) is 0 Å². The molecular formula is C19H25Cl2N3. The molecule has 1 fully saturated rings. The molecule has 5 heteroatoms. The van der Waals surface area contributed by atoms with Gasteiger partial charge in [-0.2, -0.15) is 0 Å². The van der Waals surface area contributed by atoms with Crippen LogP contribution in [0.15, 0.2) is 48.5 Å². The Balaban J connectivity index is 0.00000104. The zero-order valence-electron chi connectivity index (χ0n) is 13.7. The third-order valence-corrected chi connectivity index (χ3v) is 5.13. The molecule has 0 saturated carbocycles. The first-order chi connectivity index (χ1) is 10.9. The van der Waals surface area contributed by atoms with Crippen LogP contribution in [0.5, 0.6) is 0 Å². The van der Waals surface area contributed by atoms with Gasteiger partial charge < -0.3 is 11.1 Å². The lowest BCUT2D eigenvalue weighted by Crippen LogP contribution is -2.50. The molecule has 0 radical (unpaired) electrons. The Labute approximate surface area is 156 Å². The number of piperazine rings is 1. The predicted octanol–water partition coefficient (Wildman–Crippen LogP) is 3.08. The van der Waals surface area contributed by atoms with Crippen molar-refractivity contribution in [2.24, 2.45) is 5.73 Å². The molecule has 0 spiro atoms. The number of nitrogens with two attached hydrogens (primary N) is 1. The molecule has 2 aromatic rings. The van der Waals surface area contributed by atoms with E-state index in [-0.39, 0.29) is 24.8 Å². The van der Waals surface area contributed by atoms with Crippen molar-refractivity contribution in [3.05, 3.63) is 70.8 Å². The van der Waals surface area contributed by atoms with Crippen LogP contribution >= 0.6 is 24.8 Å². The fraction of sp³-hybridized carbons (Fsp3) is 0.368. The molecule has 2 aliphatic rings. The van der Waals surface area contributed by atoms with E-state index in [0.717, 1.165) is 26.2 Å². The Morgan fingerprint density at radius 3 is 2.58 bits per heavy atom. The number of halogens is 2. The summed E-state index contributed by atoms with van der Waals surface area (Å²) in [6, 6.07) is 18.0. The van der Waals surface area contributed by atoms with Gasteiger partial charge in [0.15, 0.2) is 0 Å². The van der Waals surface area contributed by atoms with Gasteiger partial charge in [-0.1, -0.05) is 48.5 Å². The van der Waals surface area contributed by atoms with Crippen LogP contribution in [0.3, 0.4) is 0 Å². The Bertz CT molecular complexity index is 663. The van der Waals surface area contributed by atoms with E-state index in [1.165, 1.54) is 22.3 Å². The molecule has 0 amide bonds. The number of nitrogens with one attached hydrogen (secondary N) is 1. The zero-order valence-corrected chi connectivity index (χ0v) is 15.3. The smallest absolute Gasteiger partial charge is 0.0476 e. The monoisotopic (exact) mass is 365 g/mol. The van der Waals surface area contributed by atoms with Crippen molar-refractivity contribution in [3.63, 3.8) is 0 Å². The van der Waals surface area contributed by atoms with Crippen LogP contribution in [-0.4, -0.2) is 31.1 Å². The van der Waals surface area contributed by atoms with Crippen LogP contribution < -0.4 is 11.1 Å². The third kappa shape index (κ3) is 3.32. The summed E-state index contributed by atoms with van der Waals surface area (Å²) < 4.78 is 0. The summed E-state index contributed by atoms with van der Waals surface area (Å²) in [5.74, 6) is 0.435. The Morgan fingerprint density at radius 1 is 1.04 bits per heavy atom. The highest BCUT2D eigenvalue weighted by Gasteiger charge is 2.35. The number of benzene rings is 2. The summed E-state index contributed by atoms with van der Waals surface area (Å²) in [6.45, 7) is 4.97. The lowest BCUT2D eigenvalue weighted by molar-refractivity contribution is 0.143. The number of rotatable bonds is 2. The van der Waals surface area contributed by atoms with Crippen molar-refractivity contribution in [1.82, 2.24) is 10.2 Å². The molecule has 3 nitrogen and oxygen atoms in total. The highest BCUT2D eigenvalue weighted by Crippen LogP contribution is 2.41. The number of hydrogen-bond donors (Lipinski definition) is 2. The van der Waals surface area contributed by atoms with Crippen molar-refractivity contribution >= 4 is 24.8 Å². The second-order valence-electron chi connectivity index (χ2n) is 6.30. The van der Waals surface area contributed by atoms with Gasteiger partial charge in [-0.05, 0) is 22.3 Å². The molecule has 130 valence electrons. The van der Waals surface area contributed by atoms with E-state index in [2.05, 4.69) is 58.7 Å². The standard InChI is InChI=1S/C19H23N3.2ClH/c20-11-15-7-4-8-16-18-12-21-9-10-22(18)13-17(19(15)16)14-5-2-1-3-6-14;;/h1-8,17-18,21H,9-13,20H2;2*1H/t17-,18-;;/m1../s1. The summed E-state index contributed by atoms with van der Waals surface area (Å²) in [6.07, 6.45) is 0. The van der Waals surface area contributed by atoms with Crippen molar-refractivity contribution in [2.45, 2.75) is 18.5 Å². The number of hydrogen-bond acceptors (Lipinski definition) is 3. The first-order valence-corrected chi connectivity index (χ1v) is 8.20. The quantitative estimate of drug-likeness (QED) is 0.858. The van der Waals surface area contributed by atoms with Crippen LogP contribution in [0.4, 0.5) is 0 Å². The van der Waals surface area contributed by atoms with Crippen LogP contribution in [-0.2, 0) is 6.54 Å². The lowest BCUT2D eigenvalue weighted by Gasteiger charge is -2.45. The molecule has 0 unspecified atom stereocenters. The summed E-state index contributed by atoms with van der Waals surface area (Å²) in [7, 11) is 0. The minimum atomic E-state index is 0. The second kappa shape index (κ2) is 8.32. The molecule has 2 heterocycles. The molecule has 4 rings (SSSR count). The SMILES string of the molecule is Cl.Cl.NCc1cccc2c1[C@@H](c1ccccc1)CN1CCNC[C@H]21. The molecule has 0 aliphatic carbocycles. The topological polar surface area (TPSA) is 41.3 Å². The molecular weight excluding hydrogens is 341 g/mol. The Hall–Kier alpha value is -1.10. The highest BCUT2D eigenvalue weighted by atomic mass is 35.5. The van der Waals surface area contributed by atoms with Crippen molar-refractivity contribution in [1.29, 1.82) is 0 Å². The molecule has 3 N–H and O–H groups in total. The molecule has 0 aromatic heterocycles. The molecule has 2 atom stereocenters. The van der Waals surface area contributed by atoms with Gasteiger partial charge >= 0.3 is 0 Å². The average Bonchev–Trinajstić information content (AvgIpc) is 2.61. The largest absolute Gasteiger partial charge is 0.326 e. The summed E-state index contributed by atoms with van der Waals surface area (Å²) in [5, 5.41) is 3.54. The van der Waals surface area contributed by atoms with E-state index in [0.29, 0.717) is 18.5 Å². The summed E-state index contributed by atoms with van der Waals surface area (Å²) in [5.41, 5.74) is 11.7. The minimum Gasteiger partial charge on any atom is -0.326 e. The molecule has 2 aliphatic heterocycles. The number of nitrogens with zero attached hydrogens (tertiary/aromatic N) is 1. The lowest BCUT2D eigenvalue weighted by atomic mass is 9.78. The first kappa shape index (κ1) is 19.2. The Morgan fingerprint density at radius 2 is 1.83 bits per heavy atom. The maximum atomic E-state index is 6.05. The van der Waals surface area contributed by atoms with Crippen LogP contribution in [0.2, 0.25) is 0 Å². The summed E-state index contributed by atoms with van der Waals surface area (Å²) >= 11 is 0. The fourth-order valence-electron chi connectivity index (χ4n) is 4.08. The van der Waals surface area contributed by atoms with E-state index in [1.54, 1.807) is 0 Å². The minimum absolute atomic E-state index is 0. The third-order valence-electron chi connectivity index (χ3n) is 5.13. The highest BCUT2D eigenvalue weighted by molar-refractivity contribution is 5.85. The van der Waals surface area contributed by atoms with Gasteiger partial charge in [-0.3, -0.25) is 4.90 Å².